The van der Waals surface area contributed by atoms with Crippen LogP contribution in [0.25, 0.3) is 0 Å². The molecule has 4 aromatic carbocycles. The summed E-state index contributed by atoms with van der Waals surface area (Å²) in [6.07, 6.45) is -10.1. The van der Waals surface area contributed by atoms with E-state index >= 15 is 8.78 Å². The molecule has 0 radical (unpaired) electrons. The highest BCUT2D eigenvalue weighted by Crippen LogP contribution is 2.37. The molecule has 0 aromatic heterocycles. The molecule has 0 aliphatic heterocycles. The quantitative estimate of drug-likeness (QED) is 0.200. The van der Waals surface area contributed by atoms with Gasteiger partial charge >= 0.3 is 20.9 Å². The van der Waals surface area contributed by atoms with Gasteiger partial charge in [0, 0.05) is 10.4 Å². The number of hydrogen-bond acceptors (Lipinski definition) is 2. The lowest BCUT2D eigenvalue weighted by molar-refractivity contribution is -0.140. The molecular formula is C26H16F8O2Si. The van der Waals surface area contributed by atoms with E-state index < -0.39 is 55.2 Å². The summed E-state index contributed by atoms with van der Waals surface area (Å²) in [5.74, 6) is -5.21. The monoisotopic (exact) mass is 540 g/mol. The number of hydrogen-bond donors (Lipinski definition) is 0. The van der Waals surface area contributed by atoms with Crippen LogP contribution in [-0.2, 0) is 12.4 Å². The molecule has 0 N–H and O–H groups in total. The Hall–Kier alpha value is -3.86. The van der Waals surface area contributed by atoms with Gasteiger partial charge in [0.25, 0.3) is 0 Å². The Labute approximate surface area is 207 Å². The van der Waals surface area contributed by atoms with Crippen LogP contribution in [0.4, 0.5) is 35.1 Å². The number of halogens is 8. The highest BCUT2D eigenvalue weighted by molar-refractivity contribution is 6.93. The second-order valence-electron chi connectivity index (χ2n) is 7.78. The van der Waals surface area contributed by atoms with Gasteiger partial charge in [-0.05, 0) is 24.3 Å². The van der Waals surface area contributed by atoms with E-state index in [4.69, 9.17) is 8.85 Å². The Balaban J connectivity index is 1.98. The van der Waals surface area contributed by atoms with Crippen LogP contribution in [0.3, 0.4) is 0 Å². The van der Waals surface area contributed by atoms with Crippen molar-refractivity contribution in [2.45, 2.75) is 12.4 Å². The molecule has 0 bridgehead atoms. The molecule has 192 valence electrons. The van der Waals surface area contributed by atoms with Gasteiger partial charge in [-0.2, -0.15) is 26.3 Å². The van der Waals surface area contributed by atoms with Crippen molar-refractivity contribution >= 4 is 18.9 Å². The summed E-state index contributed by atoms with van der Waals surface area (Å²) in [6.45, 7) is 0. The molecule has 4 rings (SSSR count). The van der Waals surface area contributed by atoms with Crippen molar-refractivity contribution < 1.29 is 44.0 Å². The van der Waals surface area contributed by atoms with Crippen LogP contribution >= 0.6 is 0 Å². The predicted molar refractivity (Wildman–Crippen MR) is 122 cm³/mol. The normalized spacial score (nSPS) is 12.3. The van der Waals surface area contributed by atoms with E-state index in [1.165, 1.54) is 48.5 Å². The molecule has 11 heteroatoms. The van der Waals surface area contributed by atoms with Crippen molar-refractivity contribution in [3.8, 4) is 11.5 Å². The summed E-state index contributed by atoms with van der Waals surface area (Å²) in [5.41, 5.74) is -3.22. The maximum atomic E-state index is 15.1. The van der Waals surface area contributed by atoms with E-state index in [2.05, 4.69) is 0 Å². The highest BCUT2D eigenvalue weighted by Gasteiger charge is 2.50. The van der Waals surface area contributed by atoms with Gasteiger partial charge in [-0.1, -0.05) is 72.8 Å². The van der Waals surface area contributed by atoms with Gasteiger partial charge in [0.15, 0.2) is 11.6 Å². The fourth-order valence-electron chi connectivity index (χ4n) is 3.67. The summed E-state index contributed by atoms with van der Waals surface area (Å²) in [4.78, 5) is 0. The summed E-state index contributed by atoms with van der Waals surface area (Å²) in [7, 11) is -4.47. The molecule has 4 aromatic rings. The zero-order valence-electron chi connectivity index (χ0n) is 18.6. The third-order valence-electron chi connectivity index (χ3n) is 5.35. The van der Waals surface area contributed by atoms with Gasteiger partial charge in [0.05, 0.1) is 11.1 Å². The second-order valence-corrected chi connectivity index (χ2v) is 10.6. The topological polar surface area (TPSA) is 18.5 Å². The lowest BCUT2D eigenvalue weighted by atomic mass is 10.2. The summed E-state index contributed by atoms with van der Waals surface area (Å²) >= 11 is 0. The van der Waals surface area contributed by atoms with Crippen molar-refractivity contribution in [1.29, 1.82) is 0 Å². The van der Waals surface area contributed by atoms with Crippen LogP contribution in [0.1, 0.15) is 11.1 Å². The van der Waals surface area contributed by atoms with Crippen molar-refractivity contribution in [3.63, 3.8) is 0 Å². The van der Waals surface area contributed by atoms with Gasteiger partial charge in [-0.15, -0.1) is 0 Å². The fourth-order valence-corrected chi connectivity index (χ4v) is 6.71. The van der Waals surface area contributed by atoms with Gasteiger partial charge in [-0.25, -0.2) is 8.78 Å². The highest BCUT2D eigenvalue weighted by atomic mass is 28.4. The lowest BCUT2D eigenvalue weighted by Crippen LogP contribution is -2.68. The molecule has 0 aliphatic carbocycles. The van der Waals surface area contributed by atoms with Crippen molar-refractivity contribution in [1.82, 2.24) is 0 Å². The van der Waals surface area contributed by atoms with Gasteiger partial charge in [0.2, 0.25) is 0 Å². The second kappa shape index (κ2) is 9.89. The molecule has 0 saturated carbocycles. The first-order valence-corrected chi connectivity index (χ1v) is 12.5. The van der Waals surface area contributed by atoms with Crippen LogP contribution in [0.2, 0.25) is 0 Å². The van der Waals surface area contributed by atoms with E-state index in [0.717, 1.165) is 24.3 Å². The van der Waals surface area contributed by atoms with E-state index in [9.17, 15) is 26.3 Å². The number of alkyl halides is 6. The van der Waals surface area contributed by atoms with E-state index in [1.54, 1.807) is 12.1 Å². The Morgan fingerprint density at radius 1 is 0.459 bits per heavy atom. The standard InChI is InChI=1S/C26H16F8O2Si/c27-23-19(25(29,30)31)13-7-15-21(23)35-37(17-9-3-1-4-10-17,18-11-5-2-6-12-18)36-22-16-8-14-20(24(22)28)26(32,33)34/h1-16H. The minimum atomic E-state index is -5.05. The average Bonchev–Trinajstić information content (AvgIpc) is 2.85. The first-order valence-electron chi connectivity index (χ1n) is 10.6. The molecule has 0 unspecified atom stereocenters. The first kappa shape index (κ1) is 26.2. The maximum absolute atomic E-state index is 15.1. The van der Waals surface area contributed by atoms with Crippen LogP contribution in [-0.4, -0.2) is 8.56 Å². The molecule has 0 atom stereocenters. The zero-order chi connectivity index (χ0) is 26.8. The minimum Gasteiger partial charge on any atom is -0.503 e. The predicted octanol–water partition coefficient (Wildman–Crippen LogP) is 6.72. The summed E-state index contributed by atoms with van der Waals surface area (Å²) < 4.78 is 122. The van der Waals surface area contributed by atoms with E-state index in [0.29, 0.717) is 12.1 Å². The molecule has 37 heavy (non-hydrogen) atoms. The largest absolute Gasteiger partial charge is 0.531 e. The van der Waals surface area contributed by atoms with Crippen LogP contribution < -0.4 is 19.2 Å². The molecule has 0 saturated heterocycles. The Bertz CT molecular complexity index is 1270. The molecule has 0 fully saturated rings. The molecule has 0 heterocycles. The third-order valence-corrected chi connectivity index (χ3v) is 8.55. The maximum Gasteiger partial charge on any atom is 0.531 e. The van der Waals surface area contributed by atoms with Crippen LogP contribution in [0.15, 0.2) is 97.1 Å². The Morgan fingerprint density at radius 2 is 0.811 bits per heavy atom. The molecule has 0 aliphatic rings. The number of benzene rings is 4. The van der Waals surface area contributed by atoms with Crippen LogP contribution in [0, 0.1) is 11.6 Å². The lowest BCUT2D eigenvalue weighted by Gasteiger charge is -2.33. The van der Waals surface area contributed by atoms with Crippen molar-refractivity contribution in [2.24, 2.45) is 0 Å². The Morgan fingerprint density at radius 3 is 1.14 bits per heavy atom. The van der Waals surface area contributed by atoms with Gasteiger partial charge in [-0.3, -0.25) is 0 Å². The average molecular weight is 540 g/mol. The molecular weight excluding hydrogens is 524 g/mol. The minimum absolute atomic E-state index is 0.176. The third kappa shape index (κ3) is 5.31. The van der Waals surface area contributed by atoms with E-state index in [-0.39, 0.29) is 10.4 Å². The molecule has 0 amide bonds. The van der Waals surface area contributed by atoms with Gasteiger partial charge in [0.1, 0.15) is 11.5 Å². The Kier molecular flexibility index (Phi) is 7.00. The van der Waals surface area contributed by atoms with Gasteiger partial charge < -0.3 is 8.85 Å². The van der Waals surface area contributed by atoms with Crippen molar-refractivity contribution in [3.05, 3.63) is 120 Å². The molecule has 0 spiro atoms. The first-order chi connectivity index (χ1) is 17.4. The smallest absolute Gasteiger partial charge is 0.503 e. The van der Waals surface area contributed by atoms with Crippen molar-refractivity contribution in [2.75, 3.05) is 0 Å². The zero-order valence-corrected chi connectivity index (χ0v) is 19.6. The summed E-state index contributed by atoms with van der Waals surface area (Å²) in [5, 5.41) is 0.352. The SMILES string of the molecule is Fc1c(O[Si](Oc2cccc(C(F)(F)F)c2F)(c2ccccc2)c2ccccc2)cccc1C(F)(F)F. The van der Waals surface area contributed by atoms with E-state index in [1.807, 2.05) is 0 Å². The number of rotatable bonds is 6. The molecule has 2 nitrogen and oxygen atoms in total. The van der Waals surface area contributed by atoms with Crippen LogP contribution in [0.5, 0.6) is 11.5 Å². The fraction of sp³-hybridized carbons (Fsp3) is 0.0769. The summed E-state index contributed by atoms with van der Waals surface area (Å²) in [6, 6.07) is 19.9.